The third kappa shape index (κ3) is 2.31. The summed E-state index contributed by atoms with van der Waals surface area (Å²) in [5.41, 5.74) is 8.79. The van der Waals surface area contributed by atoms with Crippen molar-refractivity contribution >= 4 is 5.91 Å². The first-order chi connectivity index (χ1) is 10.7. The summed E-state index contributed by atoms with van der Waals surface area (Å²) in [4.78, 5) is 11.5. The molecule has 0 aliphatic heterocycles. The van der Waals surface area contributed by atoms with Gasteiger partial charge in [-0.1, -0.05) is 36.4 Å². The molecule has 3 aromatic rings. The number of aromatic amines is 1. The molecule has 0 saturated carbocycles. The lowest BCUT2D eigenvalue weighted by Gasteiger charge is -2.08. The molecule has 0 radical (unpaired) electrons. The van der Waals surface area contributed by atoms with Gasteiger partial charge in [-0.15, -0.1) is 0 Å². The van der Waals surface area contributed by atoms with Gasteiger partial charge in [0.15, 0.2) is 5.69 Å². The number of primary amides is 1. The number of rotatable bonds is 3. The molecule has 2 aromatic carbocycles. The Morgan fingerprint density at radius 2 is 1.86 bits per heavy atom. The van der Waals surface area contributed by atoms with Gasteiger partial charge in [0.05, 0.1) is 11.6 Å². The molecule has 6 heteroatoms. The Morgan fingerprint density at radius 1 is 1.09 bits per heavy atom. The topological polar surface area (TPSA) is 108 Å². The van der Waals surface area contributed by atoms with Crippen LogP contribution < -0.4 is 5.73 Å². The Morgan fingerprint density at radius 3 is 2.59 bits per heavy atom. The summed E-state index contributed by atoms with van der Waals surface area (Å²) in [6.07, 6.45) is 0. The zero-order valence-electron chi connectivity index (χ0n) is 11.4. The third-order valence-corrected chi connectivity index (χ3v) is 3.27. The van der Waals surface area contributed by atoms with E-state index >= 15 is 0 Å². The molecule has 0 fully saturated rings. The number of hydrogen-bond donors (Lipinski definition) is 2. The van der Waals surface area contributed by atoms with Gasteiger partial charge >= 0.3 is 0 Å². The van der Waals surface area contributed by atoms with E-state index in [1.807, 2.05) is 36.4 Å². The molecule has 3 rings (SSSR count). The Kier molecular flexibility index (Phi) is 3.38. The van der Waals surface area contributed by atoms with E-state index in [-0.39, 0.29) is 5.69 Å². The van der Waals surface area contributed by atoms with Crippen molar-refractivity contribution in [2.24, 2.45) is 5.73 Å². The van der Waals surface area contributed by atoms with Crippen LogP contribution in [0.2, 0.25) is 0 Å². The molecule has 0 unspecified atom stereocenters. The highest BCUT2D eigenvalue weighted by atomic mass is 16.1. The maximum atomic E-state index is 11.5. The fourth-order valence-corrected chi connectivity index (χ4v) is 2.29. The number of aromatic nitrogens is 3. The van der Waals surface area contributed by atoms with E-state index in [4.69, 9.17) is 11.0 Å². The van der Waals surface area contributed by atoms with Crippen molar-refractivity contribution in [2.75, 3.05) is 0 Å². The molecule has 1 aromatic heterocycles. The molecule has 6 nitrogen and oxygen atoms in total. The van der Waals surface area contributed by atoms with Gasteiger partial charge < -0.3 is 5.73 Å². The molecule has 0 aliphatic carbocycles. The highest BCUT2D eigenvalue weighted by molar-refractivity contribution is 5.98. The standard InChI is InChI=1S/C16H11N5O/c17-9-10-4-3-5-11(8-10)12-6-1-2-7-13(12)14-15(16(18)22)20-21-19-14/h1-8H,(H2,18,22)(H,19,20,21). The fourth-order valence-electron chi connectivity index (χ4n) is 2.29. The number of hydrogen-bond acceptors (Lipinski definition) is 4. The van der Waals surface area contributed by atoms with Gasteiger partial charge in [0.2, 0.25) is 0 Å². The monoisotopic (exact) mass is 289 g/mol. The van der Waals surface area contributed by atoms with Gasteiger partial charge in [-0.25, -0.2) is 0 Å². The summed E-state index contributed by atoms with van der Waals surface area (Å²) < 4.78 is 0. The second kappa shape index (κ2) is 5.50. The van der Waals surface area contributed by atoms with Crippen LogP contribution >= 0.6 is 0 Å². The maximum absolute atomic E-state index is 11.5. The van der Waals surface area contributed by atoms with E-state index in [0.29, 0.717) is 11.3 Å². The van der Waals surface area contributed by atoms with Crippen LogP contribution in [0.5, 0.6) is 0 Å². The number of H-pyrrole nitrogens is 1. The van der Waals surface area contributed by atoms with Gasteiger partial charge in [-0.2, -0.15) is 20.7 Å². The molecular formula is C16H11N5O. The summed E-state index contributed by atoms with van der Waals surface area (Å²) in [6, 6.07) is 16.8. The van der Waals surface area contributed by atoms with Crippen molar-refractivity contribution in [2.45, 2.75) is 0 Å². The molecule has 0 bridgehead atoms. The van der Waals surface area contributed by atoms with E-state index in [2.05, 4.69) is 21.5 Å². The van der Waals surface area contributed by atoms with Crippen LogP contribution in [0, 0.1) is 11.3 Å². The number of benzene rings is 2. The first-order valence-corrected chi connectivity index (χ1v) is 6.51. The van der Waals surface area contributed by atoms with Crippen molar-refractivity contribution < 1.29 is 4.79 Å². The minimum absolute atomic E-state index is 0.0869. The number of nitrogens with zero attached hydrogens (tertiary/aromatic N) is 3. The summed E-state index contributed by atoms with van der Waals surface area (Å²) in [6.45, 7) is 0. The van der Waals surface area contributed by atoms with Crippen LogP contribution in [0.25, 0.3) is 22.4 Å². The van der Waals surface area contributed by atoms with Crippen LogP contribution in [0.3, 0.4) is 0 Å². The van der Waals surface area contributed by atoms with Crippen molar-refractivity contribution in [1.29, 1.82) is 5.26 Å². The number of nitrogens with two attached hydrogens (primary N) is 1. The van der Waals surface area contributed by atoms with E-state index < -0.39 is 5.91 Å². The quantitative estimate of drug-likeness (QED) is 0.769. The predicted octanol–water partition coefficient (Wildman–Crippen LogP) is 2.11. The Balaban J connectivity index is 2.21. The number of nitrogens with one attached hydrogen (secondary N) is 1. The smallest absolute Gasteiger partial charge is 0.271 e. The van der Waals surface area contributed by atoms with Gasteiger partial charge in [-0.05, 0) is 23.3 Å². The second-order valence-electron chi connectivity index (χ2n) is 4.62. The van der Waals surface area contributed by atoms with Gasteiger partial charge in [0.25, 0.3) is 5.91 Å². The highest BCUT2D eigenvalue weighted by Crippen LogP contribution is 2.32. The van der Waals surface area contributed by atoms with E-state index in [1.54, 1.807) is 12.1 Å². The Hall–Kier alpha value is -3.46. The summed E-state index contributed by atoms with van der Waals surface area (Å²) in [5.74, 6) is -0.649. The first-order valence-electron chi connectivity index (χ1n) is 6.51. The van der Waals surface area contributed by atoms with Crippen molar-refractivity contribution in [3.05, 3.63) is 59.8 Å². The van der Waals surface area contributed by atoms with Crippen molar-refractivity contribution in [3.8, 4) is 28.5 Å². The summed E-state index contributed by atoms with van der Waals surface area (Å²) in [5, 5.41) is 19.3. The van der Waals surface area contributed by atoms with Crippen LogP contribution in [0.4, 0.5) is 0 Å². The molecule has 106 valence electrons. The van der Waals surface area contributed by atoms with E-state index in [9.17, 15) is 4.79 Å². The fraction of sp³-hybridized carbons (Fsp3) is 0. The molecule has 1 amide bonds. The molecule has 0 spiro atoms. The molecule has 22 heavy (non-hydrogen) atoms. The molecule has 0 atom stereocenters. The van der Waals surface area contributed by atoms with Crippen LogP contribution in [-0.2, 0) is 0 Å². The lowest BCUT2D eigenvalue weighted by Crippen LogP contribution is -2.12. The summed E-state index contributed by atoms with van der Waals surface area (Å²) >= 11 is 0. The van der Waals surface area contributed by atoms with Crippen LogP contribution in [-0.4, -0.2) is 21.3 Å². The highest BCUT2D eigenvalue weighted by Gasteiger charge is 2.18. The van der Waals surface area contributed by atoms with Crippen molar-refractivity contribution in [1.82, 2.24) is 15.4 Å². The largest absolute Gasteiger partial charge is 0.364 e. The number of carbonyl (C=O) groups excluding carboxylic acids is 1. The van der Waals surface area contributed by atoms with Gasteiger partial charge in [0.1, 0.15) is 5.69 Å². The first kappa shape index (κ1) is 13.5. The molecule has 3 N–H and O–H groups in total. The Labute approximate surface area is 126 Å². The Bertz CT molecular complexity index is 891. The second-order valence-corrected chi connectivity index (χ2v) is 4.62. The van der Waals surface area contributed by atoms with Crippen LogP contribution in [0.15, 0.2) is 48.5 Å². The summed E-state index contributed by atoms with van der Waals surface area (Å²) in [7, 11) is 0. The molecular weight excluding hydrogens is 278 g/mol. The van der Waals surface area contributed by atoms with Gasteiger partial charge in [0, 0.05) is 5.56 Å². The average Bonchev–Trinajstić information content (AvgIpc) is 3.04. The molecule has 0 saturated heterocycles. The van der Waals surface area contributed by atoms with E-state index in [0.717, 1.165) is 16.7 Å². The number of nitriles is 1. The maximum Gasteiger partial charge on any atom is 0.271 e. The average molecular weight is 289 g/mol. The molecule has 1 heterocycles. The predicted molar refractivity (Wildman–Crippen MR) is 80.5 cm³/mol. The van der Waals surface area contributed by atoms with E-state index in [1.165, 1.54) is 0 Å². The SMILES string of the molecule is N#Cc1cccc(-c2ccccc2-c2n[nH]nc2C(N)=O)c1. The van der Waals surface area contributed by atoms with Crippen molar-refractivity contribution in [3.63, 3.8) is 0 Å². The molecule has 0 aliphatic rings. The third-order valence-electron chi connectivity index (χ3n) is 3.27. The van der Waals surface area contributed by atoms with Crippen LogP contribution in [0.1, 0.15) is 16.1 Å². The zero-order chi connectivity index (χ0) is 15.5. The zero-order valence-corrected chi connectivity index (χ0v) is 11.4. The minimum atomic E-state index is -0.649. The minimum Gasteiger partial charge on any atom is -0.364 e. The normalized spacial score (nSPS) is 10.1. The lowest BCUT2D eigenvalue weighted by molar-refractivity contribution is 0.0996. The number of amides is 1. The lowest BCUT2D eigenvalue weighted by atomic mass is 9.96. The number of carbonyl (C=O) groups is 1. The van der Waals surface area contributed by atoms with Gasteiger partial charge in [-0.3, -0.25) is 4.79 Å².